The standard InChI is InChI=1S/C10H4F18O/c11-1(5(13,14)9(23,24)25)3(7(17,18)19)29-4(8(20,21)22)2(12)6(15,16)10(26,27)28/h1-4H. The zero-order chi connectivity index (χ0) is 24.0. The highest BCUT2D eigenvalue weighted by molar-refractivity contribution is 4.97. The van der Waals surface area contributed by atoms with Gasteiger partial charge in [-0.1, -0.05) is 0 Å². The van der Waals surface area contributed by atoms with E-state index in [1.165, 1.54) is 0 Å². The van der Waals surface area contributed by atoms with Crippen molar-refractivity contribution in [3.8, 4) is 0 Å². The maximum absolute atomic E-state index is 13.2. The number of rotatable bonds is 6. The van der Waals surface area contributed by atoms with Gasteiger partial charge in [-0.3, -0.25) is 0 Å². The van der Waals surface area contributed by atoms with Crippen molar-refractivity contribution in [3.63, 3.8) is 0 Å². The van der Waals surface area contributed by atoms with Gasteiger partial charge in [0.25, 0.3) is 0 Å². The maximum Gasteiger partial charge on any atom is 0.456 e. The second-order valence-corrected chi connectivity index (χ2v) is 5.11. The van der Waals surface area contributed by atoms with E-state index in [2.05, 4.69) is 4.74 Å². The van der Waals surface area contributed by atoms with Crippen LogP contribution in [0.3, 0.4) is 0 Å². The predicted octanol–water partition coefficient (Wildman–Crippen LogP) is 5.94. The van der Waals surface area contributed by atoms with E-state index in [0.717, 1.165) is 0 Å². The Morgan fingerprint density at radius 3 is 0.759 bits per heavy atom. The number of hydrogen-bond acceptors (Lipinski definition) is 1. The van der Waals surface area contributed by atoms with Gasteiger partial charge in [-0.25, -0.2) is 8.78 Å². The van der Waals surface area contributed by atoms with E-state index in [9.17, 15) is 79.0 Å². The summed E-state index contributed by atoms with van der Waals surface area (Å²) in [7, 11) is 0. The van der Waals surface area contributed by atoms with E-state index in [4.69, 9.17) is 0 Å². The second kappa shape index (κ2) is 7.75. The Morgan fingerprint density at radius 2 is 0.621 bits per heavy atom. The van der Waals surface area contributed by atoms with Crippen LogP contribution >= 0.6 is 0 Å². The Bertz CT molecular complexity index is 489. The van der Waals surface area contributed by atoms with Crippen molar-refractivity contribution in [3.05, 3.63) is 0 Å². The number of halogens is 18. The average Bonchev–Trinajstić information content (AvgIpc) is 2.41. The van der Waals surface area contributed by atoms with E-state index >= 15 is 0 Å². The molecule has 0 spiro atoms. The minimum absolute atomic E-state index is 2.31. The third-order valence-electron chi connectivity index (χ3n) is 2.92. The normalized spacial score (nSPS) is 19.7. The van der Waals surface area contributed by atoms with Gasteiger partial charge in [-0.2, -0.15) is 70.2 Å². The molecule has 4 unspecified atom stereocenters. The molecular formula is C10H4F18O. The number of alkyl halides is 18. The van der Waals surface area contributed by atoms with Gasteiger partial charge in [-0.15, -0.1) is 0 Å². The molecule has 0 saturated carbocycles. The lowest BCUT2D eigenvalue weighted by Crippen LogP contribution is -2.61. The van der Waals surface area contributed by atoms with Gasteiger partial charge in [0.05, 0.1) is 0 Å². The third kappa shape index (κ3) is 5.87. The zero-order valence-corrected chi connectivity index (χ0v) is 12.5. The Kier molecular flexibility index (Phi) is 7.40. The van der Waals surface area contributed by atoms with Crippen molar-refractivity contribution in [1.29, 1.82) is 0 Å². The summed E-state index contributed by atoms with van der Waals surface area (Å²) in [6.45, 7) is 0. The molecule has 0 heterocycles. The third-order valence-corrected chi connectivity index (χ3v) is 2.92. The van der Waals surface area contributed by atoms with Gasteiger partial charge < -0.3 is 4.74 Å². The molecule has 176 valence electrons. The lowest BCUT2D eigenvalue weighted by molar-refractivity contribution is -0.373. The molecule has 0 rings (SSSR count). The van der Waals surface area contributed by atoms with Gasteiger partial charge in [-0.05, 0) is 0 Å². The highest BCUT2D eigenvalue weighted by Gasteiger charge is 2.73. The molecule has 0 bridgehead atoms. The van der Waals surface area contributed by atoms with E-state index in [0.29, 0.717) is 0 Å². The molecule has 0 amide bonds. The van der Waals surface area contributed by atoms with Gasteiger partial charge in [0.15, 0.2) is 12.2 Å². The van der Waals surface area contributed by atoms with Gasteiger partial charge in [0.2, 0.25) is 12.3 Å². The molecule has 0 radical (unpaired) electrons. The van der Waals surface area contributed by atoms with Crippen molar-refractivity contribution in [2.24, 2.45) is 0 Å². The first kappa shape index (κ1) is 27.7. The lowest BCUT2D eigenvalue weighted by atomic mass is 10.0. The van der Waals surface area contributed by atoms with E-state index in [1.54, 1.807) is 0 Å². The van der Waals surface area contributed by atoms with Crippen LogP contribution in [0.4, 0.5) is 79.0 Å². The molecule has 1 nitrogen and oxygen atoms in total. The molecule has 0 aliphatic carbocycles. The van der Waals surface area contributed by atoms with Crippen molar-refractivity contribution >= 4 is 0 Å². The van der Waals surface area contributed by atoms with Crippen LogP contribution < -0.4 is 0 Å². The topological polar surface area (TPSA) is 9.23 Å². The minimum Gasteiger partial charge on any atom is -0.349 e. The largest absolute Gasteiger partial charge is 0.456 e. The highest BCUT2D eigenvalue weighted by Crippen LogP contribution is 2.48. The minimum atomic E-state index is -7.20. The summed E-state index contributed by atoms with van der Waals surface area (Å²) in [5.74, 6) is -14.2. The van der Waals surface area contributed by atoms with Gasteiger partial charge >= 0.3 is 36.6 Å². The first-order valence-electron chi connectivity index (χ1n) is 6.25. The van der Waals surface area contributed by atoms with Crippen molar-refractivity contribution < 1.29 is 83.8 Å². The van der Waals surface area contributed by atoms with Crippen LogP contribution in [-0.2, 0) is 4.74 Å². The highest BCUT2D eigenvalue weighted by atomic mass is 19.4. The van der Waals surface area contributed by atoms with E-state index < -0.39 is 61.1 Å². The van der Waals surface area contributed by atoms with Crippen LogP contribution in [0, 0.1) is 0 Å². The number of ether oxygens (including phenoxy) is 1. The first-order valence-corrected chi connectivity index (χ1v) is 6.25. The van der Waals surface area contributed by atoms with Crippen LogP contribution in [0.1, 0.15) is 0 Å². The van der Waals surface area contributed by atoms with Crippen molar-refractivity contribution in [1.82, 2.24) is 0 Å². The van der Waals surface area contributed by atoms with E-state index in [-0.39, 0.29) is 0 Å². The van der Waals surface area contributed by atoms with Crippen LogP contribution in [0.2, 0.25) is 0 Å². The molecule has 19 heteroatoms. The Labute approximate surface area is 146 Å². The van der Waals surface area contributed by atoms with Crippen LogP contribution in [0.25, 0.3) is 0 Å². The molecular weight excluding hydrogens is 478 g/mol. The fraction of sp³-hybridized carbons (Fsp3) is 1.00. The fourth-order valence-corrected chi connectivity index (χ4v) is 1.47. The van der Waals surface area contributed by atoms with Gasteiger partial charge in [0, 0.05) is 0 Å². The van der Waals surface area contributed by atoms with Crippen molar-refractivity contribution in [2.45, 2.75) is 61.1 Å². The summed E-state index contributed by atoms with van der Waals surface area (Å²) in [5, 5.41) is 0. The smallest absolute Gasteiger partial charge is 0.349 e. The molecule has 0 aromatic carbocycles. The molecule has 0 saturated heterocycles. The molecule has 0 aliphatic rings. The van der Waals surface area contributed by atoms with Crippen molar-refractivity contribution in [2.75, 3.05) is 0 Å². The second-order valence-electron chi connectivity index (χ2n) is 5.11. The van der Waals surface area contributed by atoms with Gasteiger partial charge in [0.1, 0.15) is 0 Å². The van der Waals surface area contributed by atoms with Crippen LogP contribution in [0.15, 0.2) is 0 Å². The molecule has 0 aromatic heterocycles. The summed E-state index contributed by atoms with van der Waals surface area (Å²) < 4.78 is 226. The summed E-state index contributed by atoms with van der Waals surface area (Å²) >= 11 is 0. The molecule has 29 heavy (non-hydrogen) atoms. The quantitative estimate of drug-likeness (QED) is 0.427. The molecule has 0 aromatic rings. The first-order chi connectivity index (χ1) is 12.3. The number of hydrogen-bond donors (Lipinski definition) is 0. The molecule has 0 fully saturated rings. The molecule has 0 N–H and O–H groups in total. The van der Waals surface area contributed by atoms with Crippen LogP contribution in [0.5, 0.6) is 0 Å². The average molecular weight is 482 g/mol. The molecule has 0 aliphatic heterocycles. The Balaban J connectivity index is 6.30. The summed E-state index contributed by atoms with van der Waals surface area (Å²) in [5.41, 5.74) is 0. The summed E-state index contributed by atoms with van der Waals surface area (Å²) in [6, 6.07) is 0. The summed E-state index contributed by atoms with van der Waals surface area (Å²) in [6.07, 6.45) is -51.2. The lowest BCUT2D eigenvalue weighted by Gasteiger charge is -2.35. The fourth-order valence-electron chi connectivity index (χ4n) is 1.47. The Morgan fingerprint density at radius 1 is 0.414 bits per heavy atom. The maximum atomic E-state index is 13.2. The molecule has 4 atom stereocenters. The monoisotopic (exact) mass is 482 g/mol. The predicted molar refractivity (Wildman–Crippen MR) is 52.6 cm³/mol. The SMILES string of the molecule is FC(C(OC(C(F)C(F)(F)C(F)(F)F)C(F)(F)F)C(F)(F)F)C(F)(F)C(F)(F)F. The van der Waals surface area contributed by atoms with E-state index in [1.807, 2.05) is 0 Å². The van der Waals surface area contributed by atoms with Crippen LogP contribution in [-0.4, -0.2) is 61.1 Å². The summed E-state index contributed by atoms with van der Waals surface area (Å²) in [4.78, 5) is 0. The zero-order valence-electron chi connectivity index (χ0n) is 12.5. The Hall–Kier alpha value is -1.30.